The number of ketones is 1. The molecule has 102 valence electrons. The van der Waals surface area contributed by atoms with Gasteiger partial charge in [-0.15, -0.1) is 11.8 Å². The van der Waals surface area contributed by atoms with E-state index in [1.165, 1.54) is 17.5 Å². The molecule has 0 aromatic heterocycles. The molecule has 0 saturated heterocycles. The summed E-state index contributed by atoms with van der Waals surface area (Å²) in [5.74, 6) is 0.708. The van der Waals surface area contributed by atoms with Crippen molar-refractivity contribution in [1.29, 1.82) is 0 Å². The molecular weight excluding hydrogens is 332 g/mol. The molecule has 3 rings (SSSR count). The van der Waals surface area contributed by atoms with E-state index in [0.717, 1.165) is 27.8 Å². The van der Waals surface area contributed by atoms with Gasteiger partial charge in [0.25, 0.3) is 0 Å². The van der Waals surface area contributed by atoms with E-state index in [-0.39, 0.29) is 5.78 Å². The van der Waals surface area contributed by atoms with Crippen molar-refractivity contribution >= 4 is 33.5 Å². The molecule has 3 heteroatoms. The highest BCUT2D eigenvalue weighted by atomic mass is 79.9. The van der Waals surface area contributed by atoms with E-state index in [1.807, 2.05) is 30.3 Å². The lowest BCUT2D eigenvalue weighted by atomic mass is 10.0. The largest absolute Gasteiger partial charge is 0.293 e. The van der Waals surface area contributed by atoms with E-state index in [9.17, 15) is 4.79 Å². The topological polar surface area (TPSA) is 17.1 Å². The van der Waals surface area contributed by atoms with Crippen molar-refractivity contribution in [3.8, 4) is 0 Å². The number of halogens is 1. The predicted octanol–water partition coefficient (Wildman–Crippen LogP) is 4.91. The number of carbonyl (C=O) groups excluding carboxylic acids is 1. The maximum atomic E-state index is 12.3. The zero-order valence-corrected chi connectivity index (χ0v) is 13.5. The first-order valence-electron chi connectivity index (χ1n) is 6.76. The number of Topliss-reactive ketones (excluding diaryl/α,β-unsaturated/α-hetero) is 1. The molecule has 0 atom stereocenters. The third-order valence-electron chi connectivity index (χ3n) is 3.59. The molecule has 0 saturated carbocycles. The quantitative estimate of drug-likeness (QED) is 0.577. The second kappa shape index (κ2) is 6.15. The maximum absolute atomic E-state index is 12.3. The number of hydrogen-bond donors (Lipinski definition) is 0. The summed E-state index contributed by atoms with van der Waals surface area (Å²) in [4.78, 5) is 13.4. The van der Waals surface area contributed by atoms with Crippen LogP contribution in [0.4, 0.5) is 0 Å². The first kappa shape index (κ1) is 13.9. The van der Waals surface area contributed by atoms with Crippen molar-refractivity contribution in [2.24, 2.45) is 0 Å². The van der Waals surface area contributed by atoms with E-state index < -0.39 is 0 Å². The van der Waals surface area contributed by atoms with Gasteiger partial charge >= 0.3 is 0 Å². The van der Waals surface area contributed by atoms with Crippen LogP contribution in [0.1, 0.15) is 27.9 Å². The highest BCUT2D eigenvalue weighted by Crippen LogP contribution is 2.25. The molecule has 0 fully saturated rings. The van der Waals surface area contributed by atoms with Crippen molar-refractivity contribution in [2.45, 2.75) is 24.2 Å². The molecule has 1 aliphatic carbocycles. The molecule has 2 aromatic carbocycles. The van der Waals surface area contributed by atoms with E-state index in [1.54, 1.807) is 11.8 Å². The predicted molar refractivity (Wildman–Crippen MR) is 87.7 cm³/mol. The molecule has 0 radical (unpaired) electrons. The zero-order valence-electron chi connectivity index (χ0n) is 11.1. The van der Waals surface area contributed by atoms with Crippen LogP contribution in [0.25, 0.3) is 0 Å². The van der Waals surface area contributed by atoms with Crippen LogP contribution >= 0.6 is 27.7 Å². The Balaban J connectivity index is 1.67. The van der Waals surface area contributed by atoms with E-state index in [4.69, 9.17) is 0 Å². The number of fused-ring (bicyclic) bond motifs is 1. The van der Waals surface area contributed by atoms with E-state index >= 15 is 0 Å². The summed E-state index contributed by atoms with van der Waals surface area (Å²) in [6.45, 7) is 0. The molecule has 2 aromatic rings. The molecule has 1 aliphatic rings. The van der Waals surface area contributed by atoms with Gasteiger partial charge in [0.1, 0.15) is 0 Å². The molecule has 0 unspecified atom stereocenters. The lowest BCUT2D eigenvalue weighted by Crippen LogP contribution is -2.03. The van der Waals surface area contributed by atoms with Gasteiger partial charge in [0.15, 0.2) is 5.78 Å². The molecule has 0 aliphatic heterocycles. The molecule has 0 N–H and O–H groups in total. The SMILES string of the molecule is O=C(CSc1cccc(Br)c1)c1ccc2c(c1)CCC2. The molecule has 0 bridgehead atoms. The van der Waals surface area contributed by atoms with Crippen molar-refractivity contribution in [3.63, 3.8) is 0 Å². The fraction of sp³-hybridized carbons (Fsp3) is 0.235. The summed E-state index contributed by atoms with van der Waals surface area (Å²) in [6, 6.07) is 14.3. The third-order valence-corrected chi connectivity index (χ3v) is 5.07. The summed E-state index contributed by atoms with van der Waals surface area (Å²) < 4.78 is 1.05. The number of hydrogen-bond acceptors (Lipinski definition) is 2. The number of thioether (sulfide) groups is 1. The molecule has 0 heterocycles. The van der Waals surface area contributed by atoms with Crippen molar-refractivity contribution in [3.05, 3.63) is 63.6 Å². The standard InChI is InChI=1S/C17H15BrOS/c18-15-5-2-6-16(10-15)20-11-17(19)14-8-7-12-3-1-4-13(12)9-14/h2,5-10H,1,3-4,11H2. The number of benzene rings is 2. The van der Waals surface area contributed by atoms with Crippen molar-refractivity contribution < 1.29 is 4.79 Å². The maximum Gasteiger partial charge on any atom is 0.173 e. The van der Waals surface area contributed by atoms with Crippen LogP contribution in [0.5, 0.6) is 0 Å². The van der Waals surface area contributed by atoms with E-state index in [2.05, 4.69) is 28.1 Å². The summed E-state index contributed by atoms with van der Waals surface area (Å²) in [6.07, 6.45) is 3.51. The highest BCUT2D eigenvalue weighted by molar-refractivity contribution is 9.10. The van der Waals surface area contributed by atoms with Crippen LogP contribution in [-0.4, -0.2) is 11.5 Å². The molecule has 0 spiro atoms. The Morgan fingerprint density at radius 3 is 2.80 bits per heavy atom. The highest BCUT2D eigenvalue weighted by Gasteiger charge is 2.14. The van der Waals surface area contributed by atoms with Crippen LogP contribution < -0.4 is 0 Å². The first-order chi connectivity index (χ1) is 9.72. The second-order valence-corrected chi connectivity index (χ2v) is 6.97. The fourth-order valence-corrected chi connectivity index (χ4v) is 3.93. The third kappa shape index (κ3) is 3.15. The molecule has 20 heavy (non-hydrogen) atoms. The Morgan fingerprint density at radius 1 is 1.10 bits per heavy atom. The summed E-state index contributed by atoms with van der Waals surface area (Å²) in [5.41, 5.74) is 3.64. The lowest BCUT2D eigenvalue weighted by molar-refractivity contribution is 0.102. The average molecular weight is 347 g/mol. The van der Waals surface area contributed by atoms with Crippen LogP contribution in [0.3, 0.4) is 0 Å². The van der Waals surface area contributed by atoms with Gasteiger partial charge in [-0.3, -0.25) is 4.79 Å². The van der Waals surface area contributed by atoms with Gasteiger partial charge in [0.2, 0.25) is 0 Å². The Kier molecular flexibility index (Phi) is 4.27. The number of rotatable bonds is 4. The molecule has 0 amide bonds. The Morgan fingerprint density at radius 2 is 1.95 bits per heavy atom. The van der Waals surface area contributed by atoms with Crippen LogP contribution in [0, 0.1) is 0 Å². The Bertz CT molecular complexity index is 651. The minimum atomic E-state index is 0.213. The van der Waals surface area contributed by atoms with Gasteiger partial charge < -0.3 is 0 Å². The average Bonchev–Trinajstić information content (AvgIpc) is 2.92. The minimum absolute atomic E-state index is 0.213. The number of aryl methyl sites for hydroxylation is 2. The van der Waals surface area contributed by atoms with Gasteiger partial charge in [-0.05, 0) is 54.7 Å². The van der Waals surface area contributed by atoms with Gasteiger partial charge in [-0.25, -0.2) is 0 Å². The van der Waals surface area contributed by atoms with Crippen molar-refractivity contribution in [1.82, 2.24) is 0 Å². The van der Waals surface area contributed by atoms with Gasteiger partial charge in [0.05, 0.1) is 5.75 Å². The normalized spacial score (nSPS) is 13.2. The first-order valence-corrected chi connectivity index (χ1v) is 8.53. The Labute approximate surface area is 131 Å². The Hall–Kier alpha value is -1.06. The van der Waals surface area contributed by atoms with Crippen LogP contribution in [-0.2, 0) is 12.8 Å². The zero-order chi connectivity index (χ0) is 13.9. The van der Waals surface area contributed by atoms with Gasteiger partial charge in [0, 0.05) is 14.9 Å². The van der Waals surface area contributed by atoms with Crippen molar-refractivity contribution in [2.75, 3.05) is 5.75 Å². The smallest absolute Gasteiger partial charge is 0.173 e. The summed E-state index contributed by atoms with van der Waals surface area (Å²) in [5, 5.41) is 0. The van der Waals surface area contributed by atoms with E-state index in [0.29, 0.717) is 5.75 Å². The molecule has 1 nitrogen and oxygen atoms in total. The van der Waals surface area contributed by atoms with Gasteiger partial charge in [-0.2, -0.15) is 0 Å². The fourth-order valence-electron chi connectivity index (χ4n) is 2.53. The lowest BCUT2D eigenvalue weighted by Gasteiger charge is -2.05. The second-order valence-electron chi connectivity index (χ2n) is 5.01. The van der Waals surface area contributed by atoms with Gasteiger partial charge in [-0.1, -0.05) is 34.1 Å². The summed E-state index contributed by atoms with van der Waals surface area (Å²) >= 11 is 5.04. The summed E-state index contributed by atoms with van der Waals surface area (Å²) in [7, 11) is 0. The molecular formula is C17H15BrOS. The minimum Gasteiger partial charge on any atom is -0.293 e. The number of carbonyl (C=O) groups is 1. The van der Waals surface area contributed by atoms with Crippen LogP contribution in [0.15, 0.2) is 51.8 Å². The monoisotopic (exact) mass is 346 g/mol. The van der Waals surface area contributed by atoms with Crippen LogP contribution in [0.2, 0.25) is 0 Å².